The maximum Gasteiger partial charge on any atom is 0.407 e. The number of amides is 4. The molecule has 4 amide bonds. The Labute approximate surface area is 171 Å². The van der Waals surface area contributed by atoms with Crippen molar-refractivity contribution in [1.82, 2.24) is 10.2 Å². The summed E-state index contributed by atoms with van der Waals surface area (Å²) in [5, 5.41) is 14.9. The van der Waals surface area contributed by atoms with Crippen LogP contribution in [0.25, 0.3) is 10.4 Å². The number of nitrogens with one attached hydrogen (secondary N) is 2. The number of likely N-dealkylation sites (tertiary alicyclic amines) is 1. The average molecular weight is 418 g/mol. The van der Waals surface area contributed by atoms with E-state index in [4.69, 9.17) is 15.6 Å². The Morgan fingerprint density at radius 1 is 1.28 bits per heavy atom. The molecule has 0 saturated carbocycles. The van der Waals surface area contributed by atoms with Crippen LogP contribution in [-0.2, 0) is 0 Å². The van der Waals surface area contributed by atoms with Crippen LogP contribution in [0.15, 0.2) is 30.3 Å². The third-order valence-corrected chi connectivity index (χ3v) is 5.71. The molecule has 154 valence electrons. The first-order chi connectivity index (χ1) is 13.9. The fourth-order valence-electron chi connectivity index (χ4n) is 3.19. The summed E-state index contributed by atoms with van der Waals surface area (Å²) in [6.07, 6.45) is 0.353. The highest BCUT2D eigenvalue weighted by molar-refractivity contribution is 7.20. The number of primary amides is 1. The predicted molar refractivity (Wildman–Crippen MR) is 110 cm³/mol. The molecular weight excluding hydrogens is 396 g/mol. The van der Waals surface area contributed by atoms with Gasteiger partial charge in [-0.2, -0.15) is 0 Å². The number of methoxy groups -OCH3 is 1. The number of carbonyl (C=O) groups is 3. The molecule has 1 atom stereocenters. The molecule has 9 nitrogen and oxygen atoms in total. The standard InChI is InChI=1S/C19H22N4O5S/c1-28-13-6-4-11(5-7-13)15-9-14(17(29-15)22-18(20)25)16(24)21-12-3-2-8-23(10-12)19(26)27/h4-7,9,12H,2-3,8,10H2,1H3,(H,21,24)(H,26,27)(H3,20,22,25)/t12-/m1/s1. The van der Waals surface area contributed by atoms with Crippen LogP contribution in [0.3, 0.4) is 0 Å². The number of nitrogens with two attached hydrogens (primary N) is 1. The number of anilines is 1. The van der Waals surface area contributed by atoms with Gasteiger partial charge >= 0.3 is 12.1 Å². The molecule has 1 fully saturated rings. The SMILES string of the molecule is COc1ccc(-c2cc(C(=O)N[C@@H]3CCCN(C(=O)O)C3)c(NC(N)=O)s2)cc1. The van der Waals surface area contributed by atoms with Gasteiger partial charge in [0.05, 0.1) is 12.7 Å². The molecule has 1 aliphatic rings. The van der Waals surface area contributed by atoms with E-state index < -0.39 is 12.1 Å². The Bertz CT molecular complexity index is 912. The molecule has 0 unspecified atom stereocenters. The van der Waals surface area contributed by atoms with E-state index in [1.807, 2.05) is 12.1 Å². The maximum absolute atomic E-state index is 12.9. The largest absolute Gasteiger partial charge is 0.497 e. The van der Waals surface area contributed by atoms with Crippen LogP contribution in [0.4, 0.5) is 14.6 Å². The zero-order valence-electron chi connectivity index (χ0n) is 15.8. The number of nitrogens with zero attached hydrogens (tertiary/aromatic N) is 1. The second kappa shape index (κ2) is 8.82. The third-order valence-electron chi connectivity index (χ3n) is 4.62. The number of hydrogen-bond donors (Lipinski definition) is 4. The number of thiophene rings is 1. The lowest BCUT2D eigenvalue weighted by atomic mass is 10.1. The van der Waals surface area contributed by atoms with Gasteiger partial charge in [0.25, 0.3) is 5.91 Å². The Hall–Kier alpha value is -3.27. The van der Waals surface area contributed by atoms with Gasteiger partial charge in [-0.1, -0.05) is 0 Å². The van der Waals surface area contributed by atoms with Gasteiger partial charge in [0.2, 0.25) is 0 Å². The van der Waals surface area contributed by atoms with Crippen molar-refractivity contribution in [3.8, 4) is 16.2 Å². The van der Waals surface area contributed by atoms with E-state index in [1.54, 1.807) is 25.3 Å². The van der Waals surface area contributed by atoms with Crippen molar-refractivity contribution in [3.63, 3.8) is 0 Å². The molecule has 0 bridgehead atoms. The molecule has 0 spiro atoms. The first-order valence-corrected chi connectivity index (χ1v) is 9.82. The molecule has 1 aromatic carbocycles. The van der Waals surface area contributed by atoms with Gasteiger partial charge in [-0.05, 0) is 48.7 Å². The maximum atomic E-state index is 12.9. The van der Waals surface area contributed by atoms with Crippen molar-refractivity contribution in [2.24, 2.45) is 5.73 Å². The molecule has 5 N–H and O–H groups in total. The number of rotatable bonds is 5. The summed E-state index contributed by atoms with van der Waals surface area (Å²) in [5.74, 6) is 0.320. The normalized spacial score (nSPS) is 16.2. The van der Waals surface area contributed by atoms with Gasteiger partial charge in [-0.25, -0.2) is 9.59 Å². The van der Waals surface area contributed by atoms with Crippen LogP contribution >= 0.6 is 11.3 Å². The van der Waals surface area contributed by atoms with E-state index in [0.29, 0.717) is 30.1 Å². The van der Waals surface area contributed by atoms with Crippen LogP contribution in [0.5, 0.6) is 5.75 Å². The fraction of sp³-hybridized carbons (Fsp3) is 0.316. The Balaban J connectivity index is 1.82. The van der Waals surface area contributed by atoms with Crippen LogP contribution in [-0.4, -0.2) is 54.3 Å². The van der Waals surface area contributed by atoms with Gasteiger partial charge in [-0.15, -0.1) is 11.3 Å². The lowest BCUT2D eigenvalue weighted by Crippen LogP contribution is -2.49. The smallest absolute Gasteiger partial charge is 0.407 e. The van der Waals surface area contributed by atoms with E-state index in [1.165, 1.54) is 16.2 Å². The minimum atomic E-state index is -1.00. The molecule has 10 heteroatoms. The summed E-state index contributed by atoms with van der Waals surface area (Å²) in [6.45, 7) is 0.686. The number of hydrogen-bond acceptors (Lipinski definition) is 5. The van der Waals surface area contributed by atoms with Gasteiger partial charge in [-0.3, -0.25) is 10.1 Å². The van der Waals surface area contributed by atoms with Crippen molar-refractivity contribution in [2.75, 3.05) is 25.5 Å². The van der Waals surface area contributed by atoms with Crippen LogP contribution < -0.4 is 21.1 Å². The highest BCUT2D eigenvalue weighted by Gasteiger charge is 2.26. The summed E-state index contributed by atoms with van der Waals surface area (Å²) >= 11 is 1.23. The van der Waals surface area contributed by atoms with Gasteiger partial charge < -0.3 is 25.8 Å². The molecule has 3 rings (SSSR count). The number of ether oxygens (including phenoxy) is 1. The molecule has 1 saturated heterocycles. The summed E-state index contributed by atoms with van der Waals surface area (Å²) in [5.41, 5.74) is 6.39. The topological polar surface area (TPSA) is 134 Å². The molecule has 0 aliphatic carbocycles. The van der Waals surface area contributed by atoms with Crippen molar-refractivity contribution in [3.05, 3.63) is 35.9 Å². The monoisotopic (exact) mass is 418 g/mol. The summed E-state index contributed by atoms with van der Waals surface area (Å²) in [7, 11) is 1.58. The number of piperidine rings is 1. The van der Waals surface area contributed by atoms with Crippen LogP contribution in [0.2, 0.25) is 0 Å². The highest BCUT2D eigenvalue weighted by Crippen LogP contribution is 2.36. The van der Waals surface area contributed by atoms with Crippen molar-refractivity contribution >= 4 is 34.4 Å². The number of urea groups is 1. The summed E-state index contributed by atoms with van der Waals surface area (Å²) in [4.78, 5) is 37.5. The minimum absolute atomic E-state index is 0.231. The van der Waals surface area contributed by atoms with Gasteiger partial charge in [0, 0.05) is 24.0 Å². The van der Waals surface area contributed by atoms with Gasteiger partial charge in [0.15, 0.2) is 0 Å². The van der Waals surface area contributed by atoms with E-state index in [9.17, 15) is 14.4 Å². The predicted octanol–water partition coefficient (Wildman–Crippen LogP) is 2.79. The van der Waals surface area contributed by atoms with E-state index >= 15 is 0 Å². The molecule has 2 aromatic rings. The summed E-state index contributed by atoms with van der Waals surface area (Å²) < 4.78 is 5.15. The highest BCUT2D eigenvalue weighted by atomic mass is 32.1. The Morgan fingerprint density at radius 3 is 2.62 bits per heavy atom. The minimum Gasteiger partial charge on any atom is -0.497 e. The Morgan fingerprint density at radius 2 is 2.00 bits per heavy atom. The molecule has 29 heavy (non-hydrogen) atoms. The van der Waals surface area contributed by atoms with Crippen LogP contribution in [0, 0.1) is 0 Å². The van der Waals surface area contributed by atoms with E-state index in [0.717, 1.165) is 10.4 Å². The molecular formula is C19H22N4O5S. The molecule has 1 aromatic heterocycles. The lowest BCUT2D eigenvalue weighted by molar-refractivity contribution is 0.0889. The second-order valence-corrected chi connectivity index (χ2v) is 7.66. The first-order valence-electron chi connectivity index (χ1n) is 9.01. The van der Waals surface area contributed by atoms with E-state index in [2.05, 4.69) is 10.6 Å². The van der Waals surface area contributed by atoms with E-state index in [-0.39, 0.29) is 24.1 Å². The summed E-state index contributed by atoms with van der Waals surface area (Å²) in [6, 6.07) is 7.94. The zero-order chi connectivity index (χ0) is 21.0. The molecule has 2 heterocycles. The van der Waals surface area contributed by atoms with Crippen molar-refractivity contribution in [1.29, 1.82) is 0 Å². The second-order valence-electron chi connectivity index (χ2n) is 6.61. The number of carbonyl (C=O) groups excluding carboxylic acids is 2. The molecule has 1 aliphatic heterocycles. The number of carboxylic acid groups (broad SMARTS) is 1. The van der Waals surface area contributed by atoms with Crippen LogP contribution in [0.1, 0.15) is 23.2 Å². The fourth-order valence-corrected chi connectivity index (χ4v) is 4.26. The lowest BCUT2D eigenvalue weighted by Gasteiger charge is -2.31. The zero-order valence-corrected chi connectivity index (χ0v) is 16.6. The van der Waals surface area contributed by atoms with Crippen molar-refractivity contribution in [2.45, 2.75) is 18.9 Å². The third kappa shape index (κ3) is 4.96. The first kappa shape index (κ1) is 20.5. The average Bonchev–Trinajstić information content (AvgIpc) is 3.11. The number of benzene rings is 1. The Kier molecular flexibility index (Phi) is 6.23. The van der Waals surface area contributed by atoms with Gasteiger partial charge in [0.1, 0.15) is 10.8 Å². The quantitative estimate of drug-likeness (QED) is 0.592. The van der Waals surface area contributed by atoms with Crippen molar-refractivity contribution < 1.29 is 24.2 Å². The molecule has 0 radical (unpaired) electrons.